The molecule has 0 spiro atoms. The summed E-state index contributed by atoms with van der Waals surface area (Å²) in [4.78, 5) is 0. The van der Waals surface area contributed by atoms with Crippen molar-refractivity contribution in [1.29, 1.82) is 5.26 Å². The average Bonchev–Trinajstić information content (AvgIpc) is 3.14. The lowest BCUT2D eigenvalue weighted by molar-refractivity contribution is 0.171. The standard InChI is InChI=1S/C24H23NO3S/c1-24(2,3)18-7-4-16(5-8-18)14-28-23-19(13-25)20(15-29-23)17-6-9-21-22(12-17)27-11-10-26-21/h4-9,12,15H,10-11,14H2,1-3H3. The molecule has 0 aliphatic carbocycles. The van der Waals surface area contributed by atoms with Crippen molar-refractivity contribution in [3.8, 4) is 33.8 Å². The van der Waals surface area contributed by atoms with Gasteiger partial charge in [0.2, 0.25) is 0 Å². The smallest absolute Gasteiger partial charge is 0.192 e. The van der Waals surface area contributed by atoms with Crippen LogP contribution in [0.25, 0.3) is 11.1 Å². The van der Waals surface area contributed by atoms with Gasteiger partial charge in [0.15, 0.2) is 16.6 Å². The zero-order valence-corrected chi connectivity index (χ0v) is 17.6. The average molecular weight is 406 g/mol. The van der Waals surface area contributed by atoms with Crippen LogP contribution < -0.4 is 14.2 Å². The first kappa shape index (κ1) is 19.4. The van der Waals surface area contributed by atoms with Crippen molar-refractivity contribution in [2.75, 3.05) is 13.2 Å². The zero-order chi connectivity index (χ0) is 20.4. The minimum atomic E-state index is 0.125. The maximum absolute atomic E-state index is 9.73. The fourth-order valence-corrected chi connectivity index (χ4v) is 4.10. The van der Waals surface area contributed by atoms with E-state index < -0.39 is 0 Å². The molecular formula is C24H23NO3S. The first-order valence-electron chi connectivity index (χ1n) is 9.59. The molecule has 0 N–H and O–H groups in total. The van der Waals surface area contributed by atoms with Gasteiger partial charge in [0, 0.05) is 10.9 Å². The molecule has 5 heteroatoms. The van der Waals surface area contributed by atoms with E-state index in [0.29, 0.717) is 36.2 Å². The fraction of sp³-hybridized carbons (Fsp3) is 0.292. The molecule has 29 heavy (non-hydrogen) atoms. The summed E-state index contributed by atoms with van der Waals surface area (Å²) in [5.74, 6) is 1.45. The highest BCUT2D eigenvalue weighted by atomic mass is 32.1. The van der Waals surface area contributed by atoms with E-state index in [2.05, 4.69) is 51.1 Å². The predicted octanol–water partition coefficient (Wildman–Crippen LogP) is 5.93. The largest absolute Gasteiger partial charge is 0.486 e. The van der Waals surface area contributed by atoms with Crippen LogP contribution in [0.5, 0.6) is 16.6 Å². The molecule has 0 saturated carbocycles. The van der Waals surface area contributed by atoms with Crippen molar-refractivity contribution in [3.05, 3.63) is 64.5 Å². The first-order chi connectivity index (χ1) is 14.0. The monoisotopic (exact) mass is 405 g/mol. The van der Waals surface area contributed by atoms with Crippen LogP contribution in [0.15, 0.2) is 47.8 Å². The van der Waals surface area contributed by atoms with Crippen molar-refractivity contribution < 1.29 is 14.2 Å². The number of rotatable bonds is 4. The molecule has 0 bridgehead atoms. The van der Waals surface area contributed by atoms with Gasteiger partial charge in [0.05, 0.1) is 0 Å². The fourth-order valence-electron chi connectivity index (χ4n) is 3.23. The number of fused-ring (bicyclic) bond motifs is 1. The number of hydrogen-bond donors (Lipinski definition) is 0. The molecular weight excluding hydrogens is 382 g/mol. The topological polar surface area (TPSA) is 51.5 Å². The number of benzene rings is 2. The number of ether oxygens (including phenoxy) is 3. The Hall–Kier alpha value is -2.97. The van der Waals surface area contributed by atoms with Crippen molar-refractivity contribution >= 4 is 11.3 Å². The van der Waals surface area contributed by atoms with Crippen molar-refractivity contribution in [1.82, 2.24) is 0 Å². The summed E-state index contributed by atoms with van der Waals surface area (Å²) in [5.41, 5.74) is 4.82. The third kappa shape index (κ3) is 4.08. The van der Waals surface area contributed by atoms with Crippen LogP contribution in [-0.4, -0.2) is 13.2 Å². The van der Waals surface area contributed by atoms with Gasteiger partial charge in [0.25, 0.3) is 0 Å². The van der Waals surface area contributed by atoms with Gasteiger partial charge in [-0.3, -0.25) is 0 Å². The van der Waals surface area contributed by atoms with Crippen LogP contribution in [0.4, 0.5) is 0 Å². The van der Waals surface area contributed by atoms with Crippen molar-refractivity contribution in [3.63, 3.8) is 0 Å². The number of nitrogens with zero attached hydrogens (tertiary/aromatic N) is 1. The molecule has 1 aliphatic rings. The Bertz CT molecular complexity index is 1060. The van der Waals surface area contributed by atoms with Crippen LogP contribution in [0.2, 0.25) is 0 Å². The van der Waals surface area contributed by atoms with Gasteiger partial charge in [-0.15, -0.1) is 11.3 Å². The van der Waals surface area contributed by atoms with Gasteiger partial charge in [-0.1, -0.05) is 51.1 Å². The van der Waals surface area contributed by atoms with Crippen molar-refractivity contribution in [2.24, 2.45) is 0 Å². The molecule has 2 heterocycles. The Morgan fingerprint density at radius 2 is 1.76 bits per heavy atom. The van der Waals surface area contributed by atoms with Crippen molar-refractivity contribution in [2.45, 2.75) is 32.8 Å². The first-order valence-corrected chi connectivity index (χ1v) is 10.5. The Morgan fingerprint density at radius 1 is 1.03 bits per heavy atom. The van der Waals surface area contributed by atoms with Gasteiger partial charge < -0.3 is 14.2 Å². The van der Waals surface area contributed by atoms with E-state index in [4.69, 9.17) is 14.2 Å². The number of thiophene rings is 1. The van der Waals surface area contributed by atoms with E-state index in [1.165, 1.54) is 16.9 Å². The van der Waals surface area contributed by atoms with E-state index >= 15 is 0 Å². The summed E-state index contributed by atoms with van der Waals surface area (Å²) in [6, 6.07) is 16.5. The maximum Gasteiger partial charge on any atom is 0.192 e. The summed E-state index contributed by atoms with van der Waals surface area (Å²) in [6.45, 7) is 8.12. The molecule has 0 saturated heterocycles. The highest BCUT2D eigenvalue weighted by Crippen LogP contribution is 2.41. The van der Waals surface area contributed by atoms with Gasteiger partial charge in [-0.25, -0.2) is 0 Å². The molecule has 4 nitrogen and oxygen atoms in total. The van der Waals surface area contributed by atoms with E-state index in [1.54, 1.807) is 0 Å². The number of nitriles is 1. The molecule has 0 radical (unpaired) electrons. The molecule has 2 aromatic carbocycles. The molecule has 0 fully saturated rings. The van der Waals surface area contributed by atoms with Gasteiger partial charge in [-0.2, -0.15) is 5.26 Å². The van der Waals surface area contributed by atoms with Crippen LogP contribution in [0, 0.1) is 11.3 Å². The second kappa shape index (κ2) is 7.81. The summed E-state index contributed by atoms with van der Waals surface area (Å²) in [7, 11) is 0. The second-order valence-corrected chi connectivity index (χ2v) is 8.86. The highest BCUT2D eigenvalue weighted by Gasteiger charge is 2.18. The summed E-state index contributed by atoms with van der Waals surface area (Å²) < 4.78 is 17.2. The molecule has 1 aliphatic heterocycles. The molecule has 0 unspecified atom stereocenters. The lowest BCUT2D eigenvalue weighted by atomic mass is 9.87. The molecule has 4 rings (SSSR count). The maximum atomic E-state index is 9.73. The normalized spacial score (nSPS) is 13.0. The zero-order valence-electron chi connectivity index (χ0n) is 16.8. The minimum absolute atomic E-state index is 0.125. The SMILES string of the molecule is CC(C)(C)c1ccc(COc2scc(-c3ccc4c(c3)OCCO4)c2C#N)cc1. The van der Waals surface area contributed by atoms with Crippen LogP contribution >= 0.6 is 11.3 Å². The Kier molecular flexibility index (Phi) is 5.21. The van der Waals surface area contributed by atoms with Gasteiger partial charge >= 0.3 is 0 Å². The van der Waals surface area contributed by atoms with Gasteiger partial charge in [-0.05, 0) is 34.2 Å². The summed E-state index contributed by atoms with van der Waals surface area (Å²) in [6.07, 6.45) is 0. The van der Waals surface area contributed by atoms with Crippen LogP contribution in [-0.2, 0) is 12.0 Å². The number of hydrogen-bond acceptors (Lipinski definition) is 5. The summed E-state index contributed by atoms with van der Waals surface area (Å²) in [5, 5.41) is 12.3. The van der Waals surface area contributed by atoms with Gasteiger partial charge in [0.1, 0.15) is 31.5 Å². The van der Waals surface area contributed by atoms with E-state index in [1.807, 2.05) is 23.6 Å². The second-order valence-electron chi connectivity index (χ2n) is 8.02. The Labute approximate surface area is 175 Å². The van der Waals surface area contributed by atoms with E-state index in [0.717, 1.165) is 22.4 Å². The Morgan fingerprint density at radius 3 is 2.45 bits per heavy atom. The lowest BCUT2D eigenvalue weighted by Crippen LogP contribution is -2.15. The van der Waals surface area contributed by atoms with Crippen LogP contribution in [0.1, 0.15) is 37.5 Å². The minimum Gasteiger partial charge on any atom is -0.486 e. The van der Waals surface area contributed by atoms with Crippen LogP contribution in [0.3, 0.4) is 0 Å². The molecule has 1 aromatic heterocycles. The third-order valence-corrected chi connectivity index (χ3v) is 5.80. The third-order valence-electron chi connectivity index (χ3n) is 4.91. The predicted molar refractivity (Wildman–Crippen MR) is 115 cm³/mol. The molecule has 0 amide bonds. The van der Waals surface area contributed by atoms with E-state index in [-0.39, 0.29) is 5.41 Å². The molecule has 3 aromatic rings. The highest BCUT2D eigenvalue weighted by molar-refractivity contribution is 7.12. The Balaban J connectivity index is 1.53. The van der Waals surface area contributed by atoms with E-state index in [9.17, 15) is 5.26 Å². The quantitative estimate of drug-likeness (QED) is 0.539. The molecule has 0 atom stereocenters. The molecule has 148 valence electrons. The lowest BCUT2D eigenvalue weighted by Gasteiger charge is -2.19. The summed E-state index contributed by atoms with van der Waals surface area (Å²) >= 11 is 1.44.